The lowest BCUT2D eigenvalue weighted by atomic mass is 10.0. The maximum absolute atomic E-state index is 13.6. The van der Waals surface area contributed by atoms with Crippen LogP contribution in [-0.4, -0.2) is 15.5 Å². The van der Waals surface area contributed by atoms with Gasteiger partial charge in [0.2, 0.25) is 0 Å². The molecule has 0 fully saturated rings. The van der Waals surface area contributed by atoms with Gasteiger partial charge in [-0.25, -0.2) is 9.79 Å². The molecule has 2 aromatic heterocycles. The average molecular weight is 518 g/mol. The van der Waals surface area contributed by atoms with E-state index in [0.717, 1.165) is 10.4 Å². The number of nitro groups is 1. The highest BCUT2D eigenvalue weighted by atomic mass is 32.1. The van der Waals surface area contributed by atoms with E-state index in [2.05, 4.69) is 4.99 Å². The summed E-state index contributed by atoms with van der Waals surface area (Å²) in [6, 6.07) is 18.5. The SMILES string of the molecule is CC1=C(C(=O)OCc2ccccc2)[C@H](c2cccs2)n2c(s/c(=C/c3cccc([N+](=O)[O-])c3)c2=O)=N1. The Kier molecular flexibility index (Phi) is 6.45. The Morgan fingerprint density at radius 1 is 1.17 bits per heavy atom. The van der Waals surface area contributed by atoms with Crippen LogP contribution in [0.4, 0.5) is 5.69 Å². The molecule has 0 amide bonds. The largest absolute Gasteiger partial charge is 0.457 e. The Labute approximate surface area is 212 Å². The minimum absolute atomic E-state index is 0.0627. The molecule has 36 heavy (non-hydrogen) atoms. The molecule has 0 unspecified atom stereocenters. The Hall–Kier alpha value is -4.15. The maximum atomic E-state index is 13.6. The van der Waals surface area contributed by atoms with Crippen LogP contribution in [0.15, 0.2) is 93.2 Å². The number of ether oxygens (including phenoxy) is 1. The van der Waals surface area contributed by atoms with Crippen molar-refractivity contribution < 1.29 is 14.5 Å². The number of hydrogen-bond acceptors (Lipinski definition) is 8. The average Bonchev–Trinajstić information content (AvgIpc) is 3.51. The fraction of sp³-hybridized carbons (Fsp3) is 0.115. The fourth-order valence-corrected chi connectivity index (χ4v) is 5.85. The summed E-state index contributed by atoms with van der Waals surface area (Å²) in [4.78, 5) is 43.4. The third-order valence-corrected chi connectivity index (χ3v) is 7.55. The zero-order chi connectivity index (χ0) is 25.2. The number of fused-ring (bicyclic) bond motifs is 1. The first-order valence-corrected chi connectivity index (χ1v) is 12.6. The van der Waals surface area contributed by atoms with Crippen LogP contribution in [0.2, 0.25) is 0 Å². The standard InChI is InChI=1S/C26H19N3O5S2/c1-16-22(25(31)34-15-17-7-3-2-4-8-17)23(20-11-6-12-35-20)28-24(30)21(36-26(28)27-16)14-18-9-5-10-19(13-18)29(32)33/h2-14,23H,15H2,1H3/b21-14+/t23-/m0/s1. The van der Waals surface area contributed by atoms with Crippen molar-refractivity contribution in [3.05, 3.63) is 129 Å². The van der Waals surface area contributed by atoms with Crippen molar-refractivity contribution in [1.82, 2.24) is 4.57 Å². The van der Waals surface area contributed by atoms with Gasteiger partial charge in [-0.15, -0.1) is 11.3 Å². The molecule has 8 nitrogen and oxygen atoms in total. The lowest BCUT2D eigenvalue weighted by molar-refractivity contribution is -0.384. The quantitative estimate of drug-likeness (QED) is 0.219. The predicted molar refractivity (Wildman–Crippen MR) is 137 cm³/mol. The molecule has 0 bridgehead atoms. The number of allylic oxidation sites excluding steroid dienone is 1. The topological polar surface area (TPSA) is 104 Å². The highest BCUT2D eigenvalue weighted by Gasteiger charge is 2.34. The van der Waals surface area contributed by atoms with Crippen LogP contribution in [-0.2, 0) is 16.1 Å². The monoisotopic (exact) mass is 517 g/mol. The van der Waals surface area contributed by atoms with Crippen molar-refractivity contribution in [2.24, 2.45) is 4.99 Å². The highest BCUT2D eigenvalue weighted by Crippen LogP contribution is 2.33. The number of benzene rings is 2. The van der Waals surface area contributed by atoms with Crippen LogP contribution in [0.3, 0.4) is 0 Å². The van der Waals surface area contributed by atoms with E-state index in [-0.39, 0.29) is 17.9 Å². The Morgan fingerprint density at radius 3 is 2.69 bits per heavy atom. The second kappa shape index (κ2) is 9.84. The summed E-state index contributed by atoms with van der Waals surface area (Å²) < 4.78 is 7.49. The van der Waals surface area contributed by atoms with Crippen molar-refractivity contribution in [2.45, 2.75) is 19.6 Å². The van der Waals surface area contributed by atoms with Crippen LogP contribution in [0.1, 0.15) is 29.0 Å². The van der Waals surface area contributed by atoms with Crippen LogP contribution in [0.25, 0.3) is 6.08 Å². The smallest absolute Gasteiger partial charge is 0.338 e. The molecule has 0 N–H and O–H groups in total. The van der Waals surface area contributed by atoms with Crippen LogP contribution in [0, 0.1) is 10.1 Å². The third-order valence-electron chi connectivity index (χ3n) is 5.65. The van der Waals surface area contributed by atoms with Gasteiger partial charge in [-0.2, -0.15) is 0 Å². The molecule has 2 aromatic carbocycles. The lowest BCUT2D eigenvalue weighted by Gasteiger charge is -2.23. The minimum Gasteiger partial charge on any atom is -0.457 e. The molecule has 0 spiro atoms. The van der Waals surface area contributed by atoms with Crippen molar-refractivity contribution >= 4 is 40.4 Å². The third kappa shape index (κ3) is 4.56. The van der Waals surface area contributed by atoms with Gasteiger partial charge >= 0.3 is 5.97 Å². The molecule has 10 heteroatoms. The minimum atomic E-state index is -0.684. The van der Waals surface area contributed by atoms with E-state index in [1.165, 1.54) is 39.4 Å². The zero-order valence-electron chi connectivity index (χ0n) is 19.0. The Balaban J connectivity index is 1.58. The molecular formula is C26H19N3O5S2. The van der Waals surface area contributed by atoms with Gasteiger partial charge in [-0.05, 0) is 35.6 Å². The fourth-order valence-electron chi connectivity index (χ4n) is 3.98. The molecule has 180 valence electrons. The van der Waals surface area contributed by atoms with Crippen molar-refractivity contribution in [3.63, 3.8) is 0 Å². The molecule has 1 aliphatic rings. The molecular weight excluding hydrogens is 498 g/mol. The molecule has 3 heterocycles. The first-order valence-electron chi connectivity index (χ1n) is 10.9. The van der Waals surface area contributed by atoms with E-state index in [9.17, 15) is 19.7 Å². The predicted octanol–water partition coefficient (Wildman–Crippen LogP) is 3.95. The second-order valence-electron chi connectivity index (χ2n) is 8.01. The number of thiophene rings is 1. The van der Waals surface area contributed by atoms with Crippen molar-refractivity contribution in [2.75, 3.05) is 0 Å². The van der Waals surface area contributed by atoms with Crippen molar-refractivity contribution in [3.8, 4) is 0 Å². The van der Waals surface area contributed by atoms with Gasteiger partial charge in [-0.1, -0.05) is 59.9 Å². The van der Waals surface area contributed by atoms with E-state index in [0.29, 0.717) is 26.2 Å². The van der Waals surface area contributed by atoms with E-state index < -0.39 is 16.9 Å². The number of esters is 1. The molecule has 4 aromatic rings. The summed E-state index contributed by atoms with van der Waals surface area (Å²) in [6.07, 6.45) is 1.61. The maximum Gasteiger partial charge on any atom is 0.338 e. The van der Waals surface area contributed by atoms with Gasteiger partial charge in [0.15, 0.2) is 4.80 Å². The van der Waals surface area contributed by atoms with Gasteiger partial charge < -0.3 is 4.74 Å². The molecule has 0 radical (unpaired) electrons. The van der Waals surface area contributed by atoms with Crippen molar-refractivity contribution in [1.29, 1.82) is 0 Å². The lowest BCUT2D eigenvalue weighted by Crippen LogP contribution is -2.39. The Morgan fingerprint density at radius 2 is 1.97 bits per heavy atom. The molecule has 0 saturated heterocycles. The second-order valence-corrected chi connectivity index (χ2v) is 10.00. The summed E-state index contributed by atoms with van der Waals surface area (Å²) in [5, 5.41) is 13.0. The summed E-state index contributed by atoms with van der Waals surface area (Å²) in [5.41, 5.74) is 1.78. The number of hydrogen-bond donors (Lipinski definition) is 0. The van der Waals surface area contributed by atoms with Gasteiger partial charge in [0.25, 0.3) is 11.2 Å². The number of nitro benzene ring substituents is 1. The summed E-state index contributed by atoms with van der Waals surface area (Å²) >= 11 is 2.61. The summed E-state index contributed by atoms with van der Waals surface area (Å²) in [5.74, 6) is -0.536. The van der Waals surface area contributed by atoms with Gasteiger partial charge in [0.1, 0.15) is 12.6 Å². The normalized spacial score (nSPS) is 15.4. The summed E-state index contributed by atoms with van der Waals surface area (Å²) in [7, 11) is 0. The molecule has 0 aliphatic carbocycles. The first kappa shape index (κ1) is 23.6. The zero-order valence-corrected chi connectivity index (χ0v) is 20.6. The molecule has 1 aliphatic heterocycles. The van der Waals surface area contributed by atoms with Gasteiger partial charge in [0.05, 0.1) is 20.7 Å². The number of thiazole rings is 1. The molecule has 1 atom stereocenters. The number of carbonyl (C=O) groups is 1. The van der Waals surface area contributed by atoms with Gasteiger partial charge in [-0.3, -0.25) is 19.5 Å². The first-order chi connectivity index (χ1) is 17.4. The van der Waals surface area contributed by atoms with E-state index in [4.69, 9.17) is 4.74 Å². The number of carbonyl (C=O) groups excluding carboxylic acids is 1. The number of aromatic nitrogens is 1. The number of non-ortho nitro benzene ring substituents is 1. The molecule has 5 rings (SSSR count). The summed E-state index contributed by atoms with van der Waals surface area (Å²) in [6.45, 7) is 1.84. The van der Waals surface area contributed by atoms with Crippen LogP contribution < -0.4 is 14.9 Å². The highest BCUT2D eigenvalue weighted by molar-refractivity contribution is 7.10. The van der Waals surface area contributed by atoms with E-state index in [1.807, 2.05) is 47.8 Å². The van der Waals surface area contributed by atoms with Crippen LogP contribution >= 0.6 is 22.7 Å². The van der Waals surface area contributed by atoms with E-state index in [1.54, 1.807) is 25.1 Å². The number of rotatable bonds is 6. The number of nitrogens with zero attached hydrogens (tertiary/aromatic N) is 3. The van der Waals surface area contributed by atoms with E-state index >= 15 is 0 Å². The molecule has 0 saturated carbocycles. The van der Waals surface area contributed by atoms with Crippen LogP contribution in [0.5, 0.6) is 0 Å². The Bertz CT molecular complexity index is 1670. The van der Waals surface area contributed by atoms with Gasteiger partial charge in [0, 0.05) is 17.0 Å².